The third-order valence-corrected chi connectivity index (χ3v) is 3.09. The molecule has 0 radical (unpaired) electrons. The van der Waals surface area contributed by atoms with Crippen LogP contribution in [0.25, 0.3) is 0 Å². The van der Waals surface area contributed by atoms with E-state index < -0.39 is 30.1 Å². The predicted octanol–water partition coefficient (Wildman–Crippen LogP) is -0.309. The first kappa shape index (κ1) is 17.9. The lowest BCUT2D eigenvalue weighted by atomic mass is 10.0. The molecule has 1 aromatic rings. The van der Waals surface area contributed by atoms with Gasteiger partial charge in [0.15, 0.2) is 0 Å². The van der Waals surface area contributed by atoms with E-state index in [-0.39, 0.29) is 18.8 Å². The maximum absolute atomic E-state index is 12.0. The maximum Gasteiger partial charge on any atom is 0.328 e. The van der Waals surface area contributed by atoms with Gasteiger partial charge in [0, 0.05) is 6.42 Å². The number of rotatable bonds is 7. The second-order valence-corrected chi connectivity index (χ2v) is 4.95. The smallest absolute Gasteiger partial charge is 0.328 e. The number of aromatic hydroxyl groups is 1. The van der Waals surface area contributed by atoms with Crippen molar-refractivity contribution < 1.29 is 24.5 Å². The Hall–Kier alpha value is -2.12. The molecule has 0 aliphatic carbocycles. The van der Waals surface area contributed by atoms with Crippen LogP contribution < -0.4 is 11.1 Å². The summed E-state index contributed by atoms with van der Waals surface area (Å²) in [6, 6.07) is 4.21. The lowest BCUT2D eigenvalue weighted by Gasteiger charge is -2.21. The number of esters is 1. The summed E-state index contributed by atoms with van der Waals surface area (Å²) in [6.07, 6.45) is -0.839. The zero-order valence-electron chi connectivity index (χ0n) is 12.7. The summed E-state index contributed by atoms with van der Waals surface area (Å²) in [4.78, 5) is 23.9. The Morgan fingerprint density at radius 2 is 1.91 bits per heavy atom. The van der Waals surface area contributed by atoms with Gasteiger partial charge < -0.3 is 26.0 Å². The van der Waals surface area contributed by atoms with E-state index in [9.17, 15) is 19.8 Å². The number of ether oxygens (including phenoxy) is 1. The summed E-state index contributed by atoms with van der Waals surface area (Å²) in [7, 11) is 0. The van der Waals surface area contributed by atoms with Crippen molar-refractivity contribution in [3.05, 3.63) is 29.8 Å². The van der Waals surface area contributed by atoms with Crippen LogP contribution in [-0.4, -0.2) is 46.9 Å². The van der Waals surface area contributed by atoms with E-state index in [4.69, 9.17) is 10.5 Å². The highest BCUT2D eigenvalue weighted by molar-refractivity contribution is 5.87. The zero-order chi connectivity index (χ0) is 16.7. The molecule has 3 atom stereocenters. The predicted molar refractivity (Wildman–Crippen MR) is 80.0 cm³/mol. The quantitative estimate of drug-likeness (QED) is 0.513. The van der Waals surface area contributed by atoms with Gasteiger partial charge in [0.1, 0.15) is 17.8 Å². The number of nitrogens with one attached hydrogen (secondary N) is 1. The van der Waals surface area contributed by atoms with Gasteiger partial charge in [-0.1, -0.05) is 12.1 Å². The van der Waals surface area contributed by atoms with Gasteiger partial charge in [-0.15, -0.1) is 0 Å². The van der Waals surface area contributed by atoms with Crippen molar-refractivity contribution in [3.8, 4) is 5.75 Å². The van der Waals surface area contributed by atoms with Crippen LogP contribution in [0.15, 0.2) is 24.3 Å². The van der Waals surface area contributed by atoms with Crippen LogP contribution in [0.2, 0.25) is 0 Å². The highest BCUT2D eigenvalue weighted by Gasteiger charge is 2.27. The van der Waals surface area contributed by atoms with E-state index in [0.717, 1.165) is 5.56 Å². The number of carbonyl (C=O) groups is 2. The molecule has 0 bridgehead atoms. The lowest BCUT2D eigenvalue weighted by molar-refractivity contribution is -0.147. The van der Waals surface area contributed by atoms with Gasteiger partial charge in [-0.3, -0.25) is 4.79 Å². The van der Waals surface area contributed by atoms with Crippen LogP contribution >= 0.6 is 0 Å². The molecule has 0 unspecified atom stereocenters. The fourth-order valence-electron chi connectivity index (χ4n) is 1.79. The first-order chi connectivity index (χ1) is 10.3. The molecule has 0 spiro atoms. The first-order valence-electron chi connectivity index (χ1n) is 7.03. The molecule has 5 N–H and O–H groups in total. The number of aliphatic hydroxyl groups excluding tert-OH is 1. The van der Waals surface area contributed by atoms with E-state index in [1.165, 1.54) is 19.1 Å². The Morgan fingerprint density at radius 3 is 2.41 bits per heavy atom. The Labute approximate surface area is 129 Å². The molecule has 0 aliphatic heterocycles. The van der Waals surface area contributed by atoms with Crippen molar-refractivity contribution >= 4 is 11.9 Å². The standard InChI is InChI=1S/C15H22N2O5/c1-3-22-15(21)12(17-14(20)13(16)9(2)18)8-10-4-6-11(19)7-5-10/h4-7,9,12-13,18-19H,3,8,16H2,1-2H3,(H,17,20)/t9-,12-,13-/m0/s1. The van der Waals surface area contributed by atoms with Crippen molar-refractivity contribution in [2.75, 3.05) is 6.61 Å². The lowest BCUT2D eigenvalue weighted by Crippen LogP contribution is -2.53. The Bertz CT molecular complexity index is 501. The largest absolute Gasteiger partial charge is 0.508 e. The Balaban J connectivity index is 2.82. The monoisotopic (exact) mass is 310 g/mol. The molecule has 0 saturated heterocycles. The summed E-state index contributed by atoms with van der Waals surface area (Å²) < 4.78 is 4.93. The molecular formula is C15H22N2O5. The average Bonchev–Trinajstić information content (AvgIpc) is 2.47. The fraction of sp³-hybridized carbons (Fsp3) is 0.467. The number of phenols is 1. The van der Waals surface area contributed by atoms with E-state index >= 15 is 0 Å². The average molecular weight is 310 g/mol. The van der Waals surface area contributed by atoms with E-state index in [2.05, 4.69) is 5.32 Å². The van der Waals surface area contributed by atoms with E-state index in [1.807, 2.05) is 0 Å². The van der Waals surface area contributed by atoms with Crippen molar-refractivity contribution in [1.82, 2.24) is 5.32 Å². The number of hydrogen-bond acceptors (Lipinski definition) is 6. The van der Waals surface area contributed by atoms with Crippen LogP contribution in [-0.2, 0) is 20.7 Å². The molecule has 0 fully saturated rings. The van der Waals surface area contributed by atoms with Gasteiger partial charge in [-0.25, -0.2) is 4.79 Å². The van der Waals surface area contributed by atoms with Gasteiger partial charge >= 0.3 is 5.97 Å². The molecule has 0 aliphatic rings. The summed E-state index contributed by atoms with van der Waals surface area (Å²) in [5.41, 5.74) is 6.29. The van der Waals surface area contributed by atoms with E-state index in [0.29, 0.717) is 0 Å². The number of amides is 1. The minimum absolute atomic E-state index is 0.108. The van der Waals surface area contributed by atoms with Crippen molar-refractivity contribution in [2.45, 2.75) is 38.5 Å². The number of hydrogen-bond donors (Lipinski definition) is 4. The molecule has 0 saturated carbocycles. The first-order valence-corrected chi connectivity index (χ1v) is 7.03. The van der Waals surface area contributed by atoms with Crippen molar-refractivity contribution in [3.63, 3.8) is 0 Å². The van der Waals surface area contributed by atoms with Gasteiger partial charge in [-0.05, 0) is 31.5 Å². The highest BCUT2D eigenvalue weighted by Crippen LogP contribution is 2.12. The van der Waals surface area contributed by atoms with Crippen molar-refractivity contribution in [2.24, 2.45) is 5.73 Å². The van der Waals surface area contributed by atoms with Crippen LogP contribution in [0.1, 0.15) is 19.4 Å². The highest BCUT2D eigenvalue weighted by atomic mass is 16.5. The third kappa shape index (κ3) is 5.34. The topological polar surface area (TPSA) is 122 Å². The van der Waals surface area contributed by atoms with Gasteiger partial charge in [0.25, 0.3) is 0 Å². The number of nitrogens with two attached hydrogens (primary N) is 1. The van der Waals surface area contributed by atoms with Crippen LogP contribution in [0.3, 0.4) is 0 Å². The second-order valence-electron chi connectivity index (χ2n) is 4.95. The van der Waals surface area contributed by atoms with Crippen LogP contribution in [0, 0.1) is 0 Å². The Kier molecular flexibility index (Phi) is 6.81. The van der Waals surface area contributed by atoms with Crippen LogP contribution in [0.4, 0.5) is 0 Å². The molecule has 1 aromatic carbocycles. The maximum atomic E-state index is 12.0. The van der Waals surface area contributed by atoms with E-state index in [1.54, 1.807) is 19.1 Å². The molecule has 0 heterocycles. The SMILES string of the molecule is CCOC(=O)[C@H](Cc1ccc(O)cc1)NC(=O)[C@@H](N)[C@H](C)O. The molecule has 1 rings (SSSR count). The minimum Gasteiger partial charge on any atom is -0.508 e. The Morgan fingerprint density at radius 1 is 1.32 bits per heavy atom. The summed E-state index contributed by atoms with van der Waals surface area (Å²) >= 11 is 0. The molecule has 22 heavy (non-hydrogen) atoms. The summed E-state index contributed by atoms with van der Waals surface area (Å²) in [5, 5.41) is 21.1. The molecule has 122 valence electrons. The normalized spacial score (nSPS) is 14.7. The molecule has 7 heteroatoms. The molecule has 0 aromatic heterocycles. The number of benzene rings is 1. The summed E-state index contributed by atoms with van der Waals surface area (Å²) in [6.45, 7) is 3.24. The molecule has 1 amide bonds. The number of phenolic OH excluding ortho intramolecular Hbond substituents is 1. The summed E-state index contributed by atoms with van der Waals surface area (Å²) in [5.74, 6) is -1.11. The number of aliphatic hydroxyl groups is 1. The molecular weight excluding hydrogens is 288 g/mol. The molecule has 7 nitrogen and oxygen atoms in total. The fourth-order valence-corrected chi connectivity index (χ4v) is 1.79. The zero-order valence-corrected chi connectivity index (χ0v) is 12.7. The van der Waals surface area contributed by atoms with Crippen LogP contribution in [0.5, 0.6) is 5.75 Å². The third-order valence-electron chi connectivity index (χ3n) is 3.09. The van der Waals surface area contributed by atoms with Crippen molar-refractivity contribution in [1.29, 1.82) is 0 Å². The van der Waals surface area contributed by atoms with Gasteiger partial charge in [0.2, 0.25) is 5.91 Å². The second kappa shape index (κ2) is 8.35. The van der Waals surface area contributed by atoms with Gasteiger partial charge in [0.05, 0.1) is 12.7 Å². The van der Waals surface area contributed by atoms with Gasteiger partial charge in [-0.2, -0.15) is 0 Å². The minimum atomic E-state index is -1.13. The number of carbonyl (C=O) groups excluding carboxylic acids is 2.